The molecule has 0 N–H and O–H groups in total. The molecule has 0 spiro atoms. The van der Waals surface area contributed by atoms with E-state index in [1.165, 1.54) is 4.31 Å². The molecule has 1 aromatic carbocycles. The zero-order valence-electron chi connectivity index (χ0n) is 14.0. The lowest BCUT2D eigenvalue weighted by Crippen LogP contribution is -2.47. The fourth-order valence-corrected chi connectivity index (χ4v) is 4.89. The van der Waals surface area contributed by atoms with Gasteiger partial charge in [-0.3, -0.25) is 0 Å². The number of rotatable bonds is 8. The minimum atomic E-state index is -3.44. The van der Waals surface area contributed by atoms with E-state index in [1.807, 2.05) is 30.3 Å². The average molecular weight is 354 g/mol. The van der Waals surface area contributed by atoms with Gasteiger partial charge in [0.1, 0.15) is 12.4 Å². The van der Waals surface area contributed by atoms with Gasteiger partial charge in [0.25, 0.3) is 10.2 Å². The Morgan fingerprint density at radius 2 is 1.92 bits per heavy atom. The summed E-state index contributed by atoms with van der Waals surface area (Å²) in [5.41, 5.74) is 0. The van der Waals surface area contributed by atoms with Gasteiger partial charge in [-0.05, 0) is 37.8 Å². The molecule has 1 atom stereocenters. The summed E-state index contributed by atoms with van der Waals surface area (Å²) in [6.45, 7) is 3.05. The van der Waals surface area contributed by atoms with Crippen LogP contribution in [0.5, 0.6) is 5.75 Å². The summed E-state index contributed by atoms with van der Waals surface area (Å²) in [6.07, 6.45) is 3.80. The Labute approximate surface area is 144 Å². The number of para-hydroxylation sites is 1. The summed E-state index contributed by atoms with van der Waals surface area (Å²) >= 11 is 0. The average Bonchev–Trinajstić information content (AvgIpc) is 3.29. The first-order valence-electron chi connectivity index (χ1n) is 8.71. The Balaban J connectivity index is 1.62. The van der Waals surface area contributed by atoms with Crippen molar-refractivity contribution in [2.24, 2.45) is 0 Å². The fourth-order valence-electron chi connectivity index (χ4n) is 3.18. The standard InChI is InChI=1S/C17H26N2O4S/c20-24(21,18-10-4-5-11-18)19(15-17-9-6-13-22-17)12-14-23-16-7-2-1-3-8-16/h1-3,7-8,17H,4-6,9-15H2. The van der Waals surface area contributed by atoms with Crippen LogP contribution in [0.2, 0.25) is 0 Å². The van der Waals surface area contributed by atoms with Gasteiger partial charge in [-0.2, -0.15) is 17.0 Å². The predicted octanol–water partition coefficient (Wildman–Crippen LogP) is 1.89. The summed E-state index contributed by atoms with van der Waals surface area (Å²) in [4.78, 5) is 0. The molecule has 1 unspecified atom stereocenters. The van der Waals surface area contributed by atoms with Crippen LogP contribution < -0.4 is 4.74 Å². The Hall–Kier alpha value is -1.15. The molecule has 7 heteroatoms. The second-order valence-electron chi connectivity index (χ2n) is 6.27. The third kappa shape index (κ3) is 4.47. The van der Waals surface area contributed by atoms with Gasteiger partial charge in [-0.1, -0.05) is 18.2 Å². The largest absolute Gasteiger partial charge is 0.492 e. The molecule has 1 aromatic rings. The highest BCUT2D eigenvalue weighted by Gasteiger charge is 2.33. The van der Waals surface area contributed by atoms with E-state index in [-0.39, 0.29) is 6.10 Å². The van der Waals surface area contributed by atoms with Gasteiger partial charge in [-0.25, -0.2) is 0 Å². The first kappa shape index (κ1) is 17.7. The monoisotopic (exact) mass is 354 g/mol. The molecule has 0 aliphatic carbocycles. The number of nitrogens with zero attached hydrogens (tertiary/aromatic N) is 2. The van der Waals surface area contributed by atoms with Crippen LogP contribution in [0.3, 0.4) is 0 Å². The summed E-state index contributed by atoms with van der Waals surface area (Å²) in [7, 11) is -3.44. The van der Waals surface area contributed by atoms with Gasteiger partial charge in [0.2, 0.25) is 0 Å². The van der Waals surface area contributed by atoms with Crippen molar-refractivity contribution in [3.8, 4) is 5.75 Å². The van der Waals surface area contributed by atoms with Crippen LogP contribution in [0.4, 0.5) is 0 Å². The Kier molecular flexibility index (Phi) is 6.10. The van der Waals surface area contributed by atoms with Crippen LogP contribution in [0.25, 0.3) is 0 Å². The maximum Gasteiger partial charge on any atom is 0.282 e. The van der Waals surface area contributed by atoms with E-state index in [2.05, 4.69) is 0 Å². The predicted molar refractivity (Wildman–Crippen MR) is 92.2 cm³/mol. The van der Waals surface area contributed by atoms with Crippen molar-refractivity contribution in [3.63, 3.8) is 0 Å². The molecule has 24 heavy (non-hydrogen) atoms. The second-order valence-corrected chi connectivity index (χ2v) is 8.20. The van der Waals surface area contributed by atoms with E-state index in [4.69, 9.17) is 9.47 Å². The van der Waals surface area contributed by atoms with Crippen molar-refractivity contribution >= 4 is 10.2 Å². The van der Waals surface area contributed by atoms with Gasteiger partial charge in [0, 0.05) is 32.8 Å². The van der Waals surface area contributed by atoms with Gasteiger partial charge < -0.3 is 9.47 Å². The van der Waals surface area contributed by atoms with Gasteiger partial charge >= 0.3 is 0 Å². The van der Waals surface area contributed by atoms with E-state index in [9.17, 15) is 8.42 Å². The molecule has 2 aliphatic heterocycles. The normalized spacial score (nSPS) is 22.3. The number of ether oxygens (including phenoxy) is 2. The Bertz CT molecular complexity index is 596. The van der Waals surface area contributed by atoms with E-state index in [1.54, 1.807) is 4.31 Å². The maximum absolute atomic E-state index is 12.9. The molecule has 0 saturated carbocycles. The van der Waals surface area contributed by atoms with Crippen LogP contribution in [-0.2, 0) is 14.9 Å². The van der Waals surface area contributed by atoms with E-state index in [0.717, 1.165) is 38.0 Å². The molecule has 0 bridgehead atoms. The van der Waals surface area contributed by atoms with Gasteiger partial charge in [0.05, 0.1) is 6.10 Å². The van der Waals surface area contributed by atoms with Crippen LogP contribution in [0.15, 0.2) is 30.3 Å². The minimum Gasteiger partial charge on any atom is -0.492 e. The van der Waals surface area contributed by atoms with Gasteiger partial charge in [-0.15, -0.1) is 0 Å². The molecule has 6 nitrogen and oxygen atoms in total. The molecule has 2 fully saturated rings. The first-order valence-corrected chi connectivity index (χ1v) is 10.1. The molecule has 2 aliphatic rings. The summed E-state index contributed by atoms with van der Waals surface area (Å²) in [6, 6.07) is 9.48. The highest BCUT2D eigenvalue weighted by Crippen LogP contribution is 2.20. The third-order valence-corrected chi connectivity index (χ3v) is 6.50. The molecular formula is C17H26N2O4S. The fraction of sp³-hybridized carbons (Fsp3) is 0.647. The molecule has 2 saturated heterocycles. The van der Waals surface area contributed by atoms with Gasteiger partial charge in [0.15, 0.2) is 0 Å². The topological polar surface area (TPSA) is 59.1 Å². The highest BCUT2D eigenvalue weighted by atomic mass is 32.2. The van der Waals surface area contributed by atoms with Crippen molar-refractivity contribution in [1.82, 2.24) is 8.61 Å². The number of hydrogen-bond acceptors (Lipinski definition) is 4. The van der Waals surface area contributed by atoms with Crippen molar-refractivity contribution in [3.05, 3.63) is 30.3 Å². The number of hydrogen-bond donors (Lipinski definition) is 0. The summed E-state index contributed by atoms with van der Waals surface area (Å²) < 4.78 is 40.3. The highest BCUT2D eigenvalue weighted by molar-refractivity contribution is 7.86. The smallest absolute Gasteiger partial charge is 0.282 e. The van der Waals surface area contributed by atoms with E-state index >= 15 is 0 Å². The minimum absolute atomic E-state index is 0.000830. The van der Waals surface area contributed by atoms with Crippen molar-refractivity contribution in [2.45, 2.75) is 31.8 Å². The lowest BCUT2D eigenvalue weighted by atomic mass is 10.2. The van der Waals surface area contributed by atoms with E-state index < -0.39 is 10.2 Å². The molecular weight excluding hydrogens is 328 g/mol. The first-order chi connectivity index (χ1) is 11.7. The second kappa shape index (κ2) is 8.29. The van der Waals surface area contributed by atoms with Crippen molar-refractivity contribution in [2.75, 3.05) is 39.4 Å². The van der Waals surface area contributed by atoms with E-state index in [0.29, 0.717) is 32.8 Å². The van der Waals surface area contributed by atoms with Crippen LogP contribution in [0.1, 0.15) is 25.7 Å². The molecule has 0 amide bonds. The zero-order chi connectivity index (χ0) is 16.8. The Morgan fingerprint density at radius 1 is 1.17 bits per heavy atom. The quantitative estimate of drug-likeness (QED) is 0.715. The number of benzene rings is 1. The molecule has 0 aromatic heterocycles. The lowest BCUT2D eigenvalue weighted by molar-refractivity contribution is 0.0895. The molecule has 3 rings (SSSR count). The van der Waals surface area contributed by atoms with Crippen LogP contribution in [-0.4, -0.2) is 62.5 Å². The van der Waals surface area contributed by atoms with Crippen LogP contribution in [0, 0.1) is 0 Å². The third-order valence-electron chi connectivity index (χ3n) is 4.50. The Morgan fingerprint density at radius 3 is 2.58 bits per heavy atom. The molecule has 2 heterocycles. The van der Waals surface area contributed by atoms with Crippen molar-refractivity contribution < 1.29 is 17.9 Å². The van der Waals surface area contributed by atoms with Crippen LogP contribution >= 0.6 is 0 Å². The molecule has 134 valence electrons. The molecule has 0 radical (unpaired) electrons. The SMILES string of the molecule is O=S(=O)(N1CCCC1)N(CCOc1ccccc1)CC1CCCO1. The summed E-state index contributed by atoms with van der Waals surface area (Å²) in [5.74, 6) is 0.758. The summed E-state index contributed by atoms with van der Waals surface area (Å²) in [5, 5.41) is 0. The van der Waals surface area contributed by atoms with Crippen molar-refractivity contribution in [1.29, 1.82) is 0 Å². The maximum atomic E-state index is 12.9. The lowest BCUT2D eigenvalue weighted by Gasteiger charge is -2.29. The zero-order valence-corrected chi connectivity index (χ0v) is 14.8.